The fraction of sp³-hybridized carbons (Fsp3) is 0.192. The molecule has 0 saturated heterocycles. The van der Waals surface area contributed by atoms with Crippen molar-refractivity contribution in [3.05, 3.63) is 90.4 Å². The summed E-state index contributed by atoms with van der Waals surface area (Å²) >= 11 is 0. The maximum atomic E-state index is 13.3. The van der Waals surface area contributed by atoms with Crippen LogP contribution in [0.4, 0.5) is 4.39 Å². The first-order chi connectivity index (χ1) is 16.3. The summed E-state index contributed by atoms with van der Waals surface area (Å²) in [6, 6.07) is 20.5. The van der Waals surface area contributed by atoms with Gasteiger partial charge in [-0.3, -0.25) is 9.59 Å². The predicted molar refractivity (Wildman–Crippen MR) is 125 cm³/mol. The molecular formula is C26H24FN3O4. The Morgan fingerprint density at radius 3 is 2.41 bits per heavy atom. The van der Waals surface area contributed by atoms with Gasteiger partial charge in [0.2, 0.25) is 5.91 Å². The number of ether oxygens (including phenoxy) is 1. The highest BCUT2D eigenvalue weighted by Gasteiger charge is 2.27. The Morgan fingerprint density at radius 1 is 1.03 bits per heavy atom. The molecule has 0 spiro atoms. The number of benzene rings is 3. The fourth-order valence-electron chi connectivity index (χ4n) is 3.66. The standard InChI is InChI=1S/C26H24FN3O4/c1-16(26(32)33)25(31)29-17(2)24(18-6-4-3-5-7-18)34-22-12-13-23-19(14-22)15-28-30(23)21-10-8-20(27)9-11-21/h3-17,24H,1-2H3,(H,29,31)(H,32,33)/t16?,17-,24-/m0/s1. The number of carbonyl (C=O) groups is 2. The zero-order valence-electron chi connectivity index (χ0n) is 18.7. The van der Waals surface area contributed by atoms with E-state index in [2.05, 4.69) is 10.4 Å². The number of carbonyl (C=O) groups excluding carboxylic acids is 1. The van der Waals surface area contributed by atoms with Gasteiger partial charge in [0, 0.05) is 5.39 Å². The Bertz CT molecular complexity index is 1300. The number of nitrogens with one attached hydrogen (secondary N) is 1. The molecular weight excluding hydrogens is 437 g/mol. The lowest BCUT2D eigenvalue weighted by atomic mass is 10.0. The average molecular weight is 461 g/mol. The minimum atomic E-state index is -1.19. The number of carboxylic acids is 1. The topological polar surface area (TPSA) is 93.4 Å². The minimum Gasteiger partial charge on any atom is -0.484 e. The molecule has 1 heterocycles. The van der Waals surface area contributed by atoms with Crippen LogP contribution in [0.3, 0.4) is 0 Å². The molecule has 2 N–H and O–H groups in total. The molecule has 174 valence electrons. The minimum absolute atomic E-state index is 0.318. The number of hydrogen-bond acceptors (Lipinski definition) is 4. The molecule has 1 aromatic heterocycles. The van der Waals surface area contributed by atoms with E-state index in [1.807, 2.05) is 42.5 Å². The summed E-state index contributed by atoms with van der Waals surface area (Å²) in [6.45, 7) is 3.12. The highest BCUT2D eigenvalue weighted by Crippen LogP contribution is 2.29. The maximum absolute atomic E-state index is 13.3. The van der Waals surface area contributed by atoms with Crippen LogP contribution in [0.2, 0.25) is 0 Å². The van der Waals surface area contributed by atoms with E-state index < -0.39 is 29.9 Å². The number of nitrogens with zero attached hydrogens (tertiary/aromatic N) is 2. The number of aliphatic carboxylic acids is 1. The monoisotopic (exact) mass is 461 g/mol. The van der Waals surface area contributed by atoms with Gasteiger partial charge < -0.3 is 15.2 Å². The first-order valence-corrected chi connectivity index (χ1v) is 10.8. The van der Waals surface area contributed by atoms with Gasteiger partial charge in [-0.25, -0.2) is 9.07 Å². The number of fused-ring (bicyclic) bond motifs is 1. The molecule has 1 unspecified atom stereocenters. The van der Waals surface area contributed by atoms with E-state index in [0.29, 0.717) is 5.75 Å². The van der Waals surface area contributed by atoms with Crippen molar-refractivity contribution in [2.45, 2.75) is 26.0 Å². The molecule has 1 amide bonds. The van der Waals surface area contributed by atoms with Crippen molar-refractivity contribution in [3.63, 3.8) is 0 Å². The van der Waals surface area contributed by atoms with E-state index in [9.17, 15) is 14.0 Å². The summed E-state index contributed by atoms with van der Waals surface area (Å²) in [6.07, 6.45) is 1.14. The van der Waals surface area contributed by atoms with Gasteiger partial charge in [-0.05, 0) is 61.9 Å². The van der Waals surface area contributed by atoms with Gasteiger partial charge in [-0.15, -0.1) is 0 Å². The molecule has 0 aliphatic heterocycles. The van der Waals surface area contributed by atoms with E-state index in [1.165, 1.54) is 19.1 Å². The van der Waals surface area contributed by atoms with Crippen LogP contribution in [0.25, 0.3) is 16.6 Å². The Hall–Kier alpha value is -4.20. The van der Waals surface area contributed by atoms with Crippen LogP contribution >= 0.6 is 0 Å². The SMILES string of the molecule is CC(C(=O)O)C(=O)N[C@@H](C)[C@H](Oc1ccc2c(cnn2-c2ccc(F)cc2)c1)c1ccccc1. The lowest BCUT2D eigenvalue weighted by molar-refractivity contribution is -0.146. The van der Waals surface area contributed by atoms with Crippen molar-refractivity contribution >= 4 is 22.8 Å². The number of carboxylic acid groups (broad SMARTS) is 1. The van der Waals surface area contributed by atoms with E-state index in [-0.39, 0.29) is 5.82 Å². The largest absolute Gasteiger partial charge is 0.484 e. The molecule has 0 radical (unpaired) electrons. The zero-order valence-corrected chi connectivity index (χ0v) is 18.7. The molecule has 7 nitrogen and oxygen atoms in total. The summed E-state index contributed by atoms with van der Waals surface area (Å²) in [5, 5.41) is 17.1. The van der Waals surface area contributed by atoms with Gasteiger partial charge in [0.1, 0.15) is 23.6 Å². The first kappa shape index (κ1) is 23.0. The van der Waals surface area contributed by atoms with Crippen molar-refractivity contribution in [1.29, 1.82) is 0 Å². The summed E-state index contributed by atoms with van der Waals surface area (Å²) in [7, 11) is 0. The normalized spacial score (nSPS) is 13.7. The van der Waals surface area contributed by atoms with Crippen LogP contribution in [-0.2, 0) is 9.59 Å². The van der Waals surface area contributed by atoms with E-state index >= 15 is 0 Å². The summed E-state index contributed by atoms with van der Waals surface area (Å²) < 4.78 is 21.3. The molecule has 8 heteroatoms. The molecule has 4 rings (SSSR count). The molecule has 0 fully saturated rings. The highest BCUT2D eigenvalue weighted by atomic mass is 19.1. The van der Waals surface area contributed by atoms with Crippen LogP contribution in [-0.4, -0.2) is 32.8 Å². The van der Waals surface area contributed by atoms with E-state index in [4.69, 9.17) is 9.84 Å². The second-order valence-corrected chi connectivity index (χ2v) is 8.06. The molecule has 4 aromatic rings. The van der Waals surface area contributed by atoms with Crippen LogP contribution in [0.1, 0.15) is 25.5 Å². The second-order valence-electron chi connectivity index (χ2n) is 8.06. The number of halogens is 1. The first-order valence-electron chi connectivity index (χ1n) is 10.8. The quantitative estimate of drug-likeness (QED) is 0.377. The van der Waals surface area contributed by atoms with Gasteiger partial charge >= 0.3 is 5.97 Å². The predicted octanol–water partition coefficient (Wildman–Crippen LogP) is 4.51. The second kappa shape index (κ2) is 9.74. The third-order valence-electron chi connectivity index (χ3n) is 5.59. The molecule has 0 aliphatic carbocycles. The molecule has 0 saturated carbocycles. The number of amides is 1. The molecule has 0 aliphatic rings. The number of hydrogen-bond donors (Lipinski definition) is 2. The summed E-state index contributed by atoms with van der Waals surface area (Å²) in [5.74, 6) is -2.70. The number of aromatic nitrogens is 2. The van der Waals surface area contributed by atoms with Crippen molar-refractivity contribution < 1.29 is 23.8 Å². The van der Waals surface area contributed by atoms with Crippen LogP contribution in [0.15, 0.2) is 79.0 Å². The third kappa shape index (κ3) is 4.91. The third-order valence-corrected chi connectivity index (χ3v) is 5.59. The lowest BCUT2D eigenvalue weighted by Gasteiger charge is -2.27. The van der Waals surface area contributed by atoms with Crippen molar-refractivity contribution in [2.75, 3.05) is 0 Å². The van der Waals surface area contributed by atoms with Crippen LogP contribution in [0, 0.1) is 11.7 Å². The molecule has 34 heavy (non-hydrogen) atoms. The zero-order chi connectivity index (χ0) is 24.2. The van der Waals surface area contributed by atoms with E-state index in [0.717, 1.165) is 22.2 Å². The van der Waals surface area contributed by atoms with Crippen LogP contribution in [0.5, 0.6) is 5.75 Å². The Kier molecular flexibility index (Phi) is 6.58. The van der Waals surface area contributed by atoms with Crippen LogP contribution < -0.4 is 10.1 Å². The van der Waals surface area contributed by atoms with Crippen molar-refractivity contribution in [3.8, 4) is 11.4 Å². The van der Waals surface area contributed by atoms with Gasteiger partial charge in [-0.1, -0.05) is 30.3 Å². The van der Waals surface area contributed by atoms with Gasteiger partial charge in [0.05, 0.1) is 23.4 Å². The van der Waals surface area contributed by atoms with Crippen molar-refractivity contribution in [1.82, 2.24) is 15.1 Å². The number of rotatable bonds is 8. The van der Waals surface area contributed by atoms with Gasteiger partial charge in [0.15, 0.2) is 0 Å². The lowest BCUT2D eigenvalue weighted by Crippen LogP contribution is -2.43. The Morgan fingerprint density at radius 2 is 1.74 bits per heavy atom. The fourth-order valence-corrected chi connectivity index (χ4v) is 3.66. The molecule has 3 atom stereocenters. The summed E-state index contributed by atoms with van der Waals surface area (Å²) in [4.78, 5) is 23.5. The average Bonchev–Trinajstić information content (AvgIpc) is 3.26. The summed E-state index contributed by atoms with van der Waals surface area (Å²) in [5.41, 5.74) is 2.39. The molecule has 0 bridgehead atoms. The smallest absolute Gasteiger partial charge is 0.315 e. The van der Waals surface area contributed by atoms with Crippen molar-refractivity contribution in [2.24, 2.45) is 5.92 Å². The van der Waals surface area contributed by atoms with Gasteiger partial charge in [-0.2, -0.15) is 5.10 Å². The highest BCUT2D eigenvalue weighted by molar-refractivity contribution is 5.96. The molecule has 3 aromatic carbocycles. The Balaban J connectivity index is 1.61. The van der Waals surface area contributed by atoms with E-state index in [1.54, 1.807) is 36.0 Å². The maximum Gasteiger partial charge on any atom is 0.315 e. The van der Waals surface area contributed by atoms with Gasteiger partial charge in [0.25, 0.3) is 0 Å². The Labute approximate surface area is 195 Å².